The Hall–Kier alpha value is -1.03. The van der Waals surface area contributed by atoms with Crippen LogP contribution in [0.3, 0.4) is 0 Å². The molecule has 0 saturated heterocycles. The van der Waals surface area contributed by atoms with Crippen molar-refractivity contribution >= 4 is 39.8 Å². The predicted octanol–water partition coefficient (Wildman–Crippen LogP) is 3.56. The molecule has 1 aromatic heterocycles. The maximum Gasteiger partial charge on any atom is 0.0909 e. The third-order valence-corrected chi connectivity index (χ3v) is 3.19. The van der Waals surface area contributed by atoms with E-state index >= 15 is 0 Å². The standard InChI is InChI=1S/C13H15Cl2N3/c1-16-4-2-5-17-12-3-6-18-13-10(12)7-9(14)8-11(13)15/h3,6-8,16H,2,4-5H2,1H3,(H,17,18). The van der Waals surface area contributed by atoms with E-state index in [2.05, 4.69) is 15.6 Å². The second-order valence-corrected chi connectivity index (χ2v) is 4.87. The Labute approximate surface area is 116 Å². The Kier molecular flexibility index (Phi) is 4.64. The van der Waals surface area contributed by atoms with Crippen LogP contribution in [0.25, 0.3) is 10.9 Å². The van der Waals surface area contributed by atoms with Crippen molar-refractivity contribution in [2.45, 2.75) is 6.42 Å². The molecule has 0 aliphatic carbocycles. The lowest BCUT2D eigenvalue weighted by Gasteiger charge is -2.10. The van der Waals surface area contributed by atoms with Gasteiger partial charge in [0.05, 0.1) is 10.5 Å². The summed E-state index contributed by atoms with van der Waals surface area (Å²) in [6.45, 7) is 1.88. The molecule has 0 aliphatic rings. The molecule has 0 saturated carbocycles. The van der Waals surface area contributed by atoms with Gasteiger partial charge >= 0.3 is 0 Å². The van der Waals surface area contributed by atoms with E-state index in [0.717, 1.165) is 36.1 Å². The highest BCUT2D eigenvalue weighted by atomic mass is 35.5. The largest absolute Gasteiger partial charge is 0.384 e. The van der Waals surface area contributed by atoms with Crippen LogP contribution in [-0.4, -0.2) is 25.1 Å². The monoisotopic (exact) mass is 283 g/mol. The number of fused-ring (bicyclic) bond motifs is 1. The molecule has 0 aliphatic heterocycles. The van der Waals surface area contributed by atoms with Crippen LogP contribution in [0.2, 0.25) is 10.0 Å². The average Bonchev–Trinajstić information content (AvgIpc) is 2.35. The molecule has 0 radical (unpaired) electrons. The van der Waals surface area contributed by atoms with Crippen LogP contribution in [0.15, 0.2) is 24.4 Å². The fourth-order valence-electron chi connectivity index (χ4n) is 1.82. The first-order valence-electron chi connectivity index (χ1n) is 5.84. The minimum atomic E-state index is 0.580. The number of pyridine rings is 1. The molecule has 2 N–H and O–H groups in total. The van der Waals surface area contributed by atoms with Gasteiger partial charge in [0.1, 0.15) is 0 Å². The molecule has 0 amide bonds. The average molecular weight is 284 g/mol. The number of aromatic nitrogens is 1. The highest BCUT2D eigenvalue weighted by Gasteiger charge is 2.06. The van der Waals surface area contributed by atoms with Gasteiger partial charge in [-0.1, -0.05) is 23.2 Å². The number of halogens is 2. The van der Waals surface area contributed by atoms with Gasteiger partial charge in [0.2, 0.25) is 0 Å². The molecule has 0 bridgehead atoms. The Morgan fingerprint density at radius 3 is 2.83 bits per heavy atom. The van der Waals surface area contributed by atoms with Gasteiger partial charge in [0.15, 0.2) is 0 Å². The SMILES string of the molecule is CNCCCNc1ccnc2c(Cl)cc(Cl)cc12. The quantitative estimate of drug-likeness (QED) is 0.824. The van der Waals surface area contributed by atoms with Gasteiger partial charge in [-0.25, -0.2) is 0 Å². The fraction of sp³-hybridized carbons (Fsp3) is 0.308. The smallest absolute Gasteiger partial charge is 0.0909 e. The van der Waals surface area contributed by atoms with Crippen molar-refractivity contribution in [2.24, 2.45) is 0 Å². The Morgan fingerprint density at radius 1 is 1.22 bits per heavy atom. The molecule has 96 valence electrons. The molecule has 2 aromatic rings. The first-order chi connectivity index (χ1) is 8.72. The molecular formula is C13H15Cl2N3. The summed E-state index contributed by atoms with van der Waals surface area (Å²) in [6, 6.07) is 5.54. The zero-order valence-corrected chi connectivity index (χ0v) is 11.6. The van der Waals surface area contributed by atoms with Crippen molar-refractivity contribution in [3.8, 4) is 0 Å². The zero-order chi connectivity index (χ0) is 13.0. The molecule has 1 aromatic carbocycles. The van der Waals surface area contributed by atoms with E-state index in [4.69, 9.17) is 23.2 Å². The van der Waals surface area contributed by atoms with Crippen molar-refractivity contribution < 1.29 is 0 Å². The molecule has 0 spiro atoms. The Bertz CT molecular complexity index is 543. The number of hydrogen-bond donors (Lipinski definition) is 2. The molecule has 0 atom stereocenters. The highest BCUT2D eigenvalue weighted by molar-refractivity contribution is 6.38. The molecule has 3 nitrogen and oxygen atoms in total. The van der Waals surface area contributed by atoms with Crippen LogP contribution in [0.4, 0.5) is 5.69 Å². The highest BCUT2D eigenvalue weighted by Crippen LogP contribution is 2.30. The lowest BCUT2D eigenvalue weighted by atomic mass is 10.2. The fourth-order valence-corrected chi connectivity index (χ4v) is 2.36. The number of hydrogen-bond acceptors (Lipinski definition) is 3. The van der Waals surface area contributed by atoms with Gasteiger partial charge in [0, 0.05) is 28.8 Å². The van der Waals surface area contributed by atoms with Gasteiger partial charge in [0.25, 0.3) is 0 Å². The maximum atomic E-state index is 6.13. The van der Waals surface area contributed by atoms with Crippen LogP contribution in [0, 0.1) is 0 Å². The van der Waals surface area contributed by atoms with Crippen LogP contribution < -0.4 is 10.6 Å². The van der Waals surface area contributed by atoms with Gasteiger partial charge < -0.3 is 10.6 Å². The summed E-state index contributed by atoms with van der Waals surface area (Å²) in [5.74, 6) is 0. The molecule has 0 unspecified atom stereocenters. The van der Waals surface area contributed by atoms with Gasteiger partial charge in [-0.3, -0.25) is 4.98 Å². The molecule has 1 heterocycles. The number of nitrogens with one attached hydrogen (secondary N) is 2. The van der Waals surface area contributed by atoms with E-state index in [-0.39, 0.29) is 0 Å². The van der Waals surface area contributed by atoms with Crippen LogP contribution in [0.1, 0.15) is 6.42 Å². The topological polar surface area (TPSA) is 37.0 Å². The summed E-state index contributed by atoms with van der Waals surface area (Å²) in [5.41, 5.74) is 1.79. The second kappa shape index (κ2) is 6.23. The lowest BCUT2D eigenvalue weighted by Crippen LogP contribution is -2.13. The Morgan fingerprint density at radius 2 is 2.06 bits per heavy atom. The number of anilines is 1. The van der Waals surface area contributed by atoms with Crippen molar-refractivity contribution in [1.82, 2.24) is 10.3 Å². The normalized spacial score (nSPS) is 10.8. The third kappa shape index (κ3) is 3.05. The van der Waals surface area contributed by atoms with E-state index in [1.807, 2.05) is 19.2 Å². The lowest BCUT2D eigenvalue weighted by molar-refractivity contribution is 0.748. The van der Waals surface area contributed by atoms with E-state index in [1.165, 1.54) is 0 Å². The molecule has 5 heteroatoms. The molecule has 0 fully saturated rings. The van der Waals surface area contributed by atoms with Crippen LogP contribution in [-0.2, 0) is 0 Å². The van der Waals surface area contributed by atoms with E-state index in [9.17, 15) is 0 Å². The maximum absolute atomic E-state index is 6.13. The summed E-state index contributed by atoms with van der Waals surface area (Å²) in [4.78, 5) is 4.28. The minimum absolute atomic E-state index is 0.580. The van der Waals surface area contributed by atoms with E-state index in [1.54, 1.807) is 12.3 Å². The third-order valence-electron chi connectivity index (χ3n) is 2.68. The summed E-state index contributed by atoms with van der Waals surface area (Å²) in [6.07, 6.45) is 2.80. The summed E-state index contributed by atoms with van der Waals surface area (Å²) < 4.78 is 0. The first kappa shape index (κ1) is 13.4. The minimum Gasteiger partial charge on any atom is -0.384 e. The second-order valence-electron chi connectivity index (χ2n) is 4.03. The molecule has 2 rings (SSSR count). The van der Waals surface area contributed by atoms with Gasteiger partial charge in [-0.05, 0) is 38.2 Å². The summed E-state index contributed by atoms with van der Waals surface area (Å²) in [5, 5.41) is 8.66. The summed E-state index contributed by atoms with van der Waals surface area (Å²) in [7, 11) is 1.95. The number of benzene rings is 1. The number of rotatable bonds is 5. The predicted molar refractivity (Wildman–Crippen MR) is 78.8 cm³/mol. The zero-order valence-electron chi connectivity index (χ0n) is 10.1. The Balaban J connectivity index is 2.27. The summed E-state index contributed by atoms with van der Waals surface area (Å²) >= 11 is 12.2. The van der Waals surface area contributed by atoms with Crippen LogP contribution in [0.5, 0.6) is 0 Å². The van der Waals surface area contributed by atoms with Crippen molar-refractivity contribution in [2.75, 3.05) is 25.5 Å². The van der Waals surface area contributed by atoms with Gasteiger partial charge in [-0.2, -0.15) is 0 Å². The van der Waals surface area contributed by atoms with E-state index < -0.39 is 0 Å². The van der Waals surface area contributed by atoms with Crippen molar-refractivity contribution in [3.63, 3.8) is 0 Å². The number of nitrogens with zero attached hydrogens (tertiary/aromatic N) is 1. The molecule has 18 heavy (non-hydrogen) atoms. The first-order valence-corrected chi connectivity index (χ1v) is 6.60. The molecular weight excluding hydrogens is 269 g/mol. The van der Waals surface area contributed by atoms with Crippen molar-refractivity contribution in [3.05, 3.63) is 34.4 Å². The van der Waals surface area contributed by atoms with Gasteiger partial charge in [-0.15, -0.1) is 0 Å². The van der Waals surface area contributed by atoms with E-state index in [0.29, 0.717) is 10.0 Å². The van der Waals surface area contributed by atoms with Crippen molar-refractivity contribution in [1.29, 1.82) is 0 Å². The van der Waals surface area contributed by atoms with Crippen LogP contribution >= 0.6 is 23.2 Å².